The number of halogens is 1. The zero-order valence-corrected chi connectivity index (χ0v) is 23.2. The molecule has 3 aromatic carbocycles. The third-order valence-corrected chi connectivity index (χ3v) is 7.28. The van der Waals surface area contributed by atoms with Crippen molar-refractivity contribution in [3.05, 3.63) is 123 Å². The van der Waals surface area contributed by atoms with Gasteiger partial charge in [0.1, 0.15) is 0 Å². The predicted octanol–water partition coefficient (Wildman–Crippen LogP) is 6.27. The topological polar surface area (TPSA) is 60.1 Å². The van der Waals surface area contributed by atoms with E-state index in [4.69, 9.17) is 11.6 Å². The van der Waals surface area contributed by atoms with Crippen molar-refractivity contribution < 1.29 is 5.11 Å². The molecule has 0 aliphatic rings. The van der Waals surface area contributed by atoms with E-state index in [0.29, 0.717) is 27.8 Å². The summed E-state index contributed by atoms with van der Waals surface area (Å²) in [4.78, 5) is 17.3. The molecule has 5 rings (SSSR count). The van der Waals surface area contributed by atoms with Crippen LogP contribution in [0.2, 0.25) is 5.02 Å². The highest BCUT2D eigenvalue weighted by Crippen LogP contribution is 2.39. The number of hydrogen-bond acceptors (Lipinski definition) is 3. The molecular weight excluding hydrogens is 506 g/mol. The van der Waals surface area contributed by atoms with Gasteiger partial charge < -0.3 is 14.2 Å². The maximum atomic E-state index is 13.0. The molecule has 6 heteroatoms. The molecule has 0 aliphatic carbocycles. The Labute approximate surface area is 233 Å². The van der Waals surface area contributed by atoms with Crippen LogP contribution in [0.3, 0.4) is 0 Å². The van der Waals surface area contributed by atoms with Gasteiger partial charge in [0, 0.05) is 42.6 Å². The van der Waals surface area contributed by atoms with E-state index >= 15 is 0 Å². The predicted molar refractivity (Wildman–Crippen MR) is 158 cm³/mol. The van der Waals surface area contributed by atoms with Gasteiger partial charge in [-0.25, -0.2) is 4.98 Å². The van der Waals surface area contributed by atoms with Crippen LogP contribution in [0, 0.1) is 17.8 Å². The number of fused-ring (bicyclic) bond motifs is 1. The van der Waals surface area contributed by atoms with Gasteiger partial charge in [-0.1, -0.05) is 67.6 Å². The summed E-state index contributed by atoms with van der Waals surface area (Å²) in [5.74, 6) is 6.99. The van der Waals surface area contributed by atoms with Crippen molar-refractivity contribution >= 4 is 22.5 Å². The van der Waals surface area contributed by atoms with Crippen molar-refractivity contribution in [2.75, 3.05) is 0 Å². The van der Waals surface area contributed by atoms with E-state index in [0.717, 1.165) is 34.0 Å². The monoisotopic (exact) mass is 535 g/mol. The van der Waals surface area contributed by atoms with Gasteiger partial charge in [-0.2, -0.15) is 0 Å². The number of pyridine rings is 1. The van der Waals surface area contributed by atoms with E-state index in [-0.39, 0.29) is 5.56 Å². The Balaban J connectivity index is 1.75. The van der Waals surface area contributed by atoms with Gasteiger partial charge in [-0.3, -0.25) is 4.79 Å². The molecule has 0 amide bonds. The van der Waals surface area contributed by atoms with Crippen LogP contribution < -0.4 is 5.56 Å². The third-order valence-electron chi connectivity index (χ3n) is 7.03. The Morgan fingerprint density at radius 2 is 1.74 bits per heavy atom. The average Bonchev–Trinajstić information content (AvgIpc) is 3.36. The third kappa shape index (κ3) is 5.02. The van der Waals surface area contributed by atoms with Gasteiger partial charge in [0.25, 0.3) is 5.56 Å². The normalized spacial score (nSPS) is 12.8. The SMILES string of the molecule is CC(C)CC#Cc1cccc(-c2cc(=O)n(C)c3ccc(C(O)(c4ccc(Cl)cc4)c4cncn4C)cc23)c1. The second-order valence-electron chi connectivity index (χ2n) is 10.3. The fourth-order valence-electron chi connectivity index (χ4n) is 4.91. The van der Waals surface area contributed by atoms with E-state index < -0.39 is 5.60 Å². The van der Waals surface area contributed by atoms with Crippen molar-refractivity contribution in [3.8, 4) is 23.0 Å². The van der Waals surface area contributed by atoms with Gasteiger partial charge in [-0.05, 0) is 64.6 Å². The maximum Gasteiger partial charge on any atom is 0.251 e. The van der Waals surface area contributed by atoms with Crippen LogP contribution >= 0.6 is 11.6 Å². The fourth-order valence-corrected chi connectivity index (χ4v) is 5.03. The number of aryl methyl sites for hydroxylation is 2. The highest BCUT2D eigenvalue weighted by Gasteiger charge is 2.37. The molecule has 0 aliphatic heterocycles. The van der Waals surface area contributed by atoms with Gasteiger partial charge in [-0.15, -0.1) is 0 Å². The number of hydrogen-bond donors (Lipinski definition) is 1. The second kappa shape index (κ2) is 10.6. The smallest absolute Gasteiger partial charge is 0.251 e. The lowest BCUT2D eigenvalue weighted by molar-refractivity contribution is 0.117. The molecule has 5 aromatic rings. The highest BCUT2D eigenvalue weighted by atomic mass is 35.5. The summed E-state index contributed by atoms with van der Waals surface area (Å²) in [6.07, 6.45) is 4.15. The van der Waals surface area contributed by atoms with Crippen LogP contribution in [0.4, 0.5) is 0 Å². The molecule has 1 unspecified atom stereocenters. The molecule has 0 spiro atoms. The first-order valence-electron chi connectivity index (χ1n) is 12.9. The average molecular weight is 536 g/mol. The van der Waals surface area contributed by atoms with E-state index in [1.54, 1.807) is 46.9 Å². The number of benzene rings is 3. The Bertz CT molecular complexity index is 1790. The largest absolute Gasteiger partial charge is 0.374 e. The molecule has 2 heterocycles. The summed E-state index contributed by atoms with van der Waals surface area (Å²) >= 11 is 6.18. The summed E-state index contributed by atoms with van der Waals surface area (Å²) in [5.41, 5.74) is 3.62. The van der Waals surface area contributed by atoms with Crippen molar-refractivity contribution in [2.24, 2.45) is 20.0 Å². The lowest BCUT2D eigenvalue weighted by atomic mass is 9.82. The molecular formula is C33H30ClN3O2. The summed E-state index contributed by atoms with van der Waals surface area (Å²) in [7, 11) is 3.61. The molecule has 5 nitrogen and oxygen atoms in total. The first-order chi connectivity index (χ1) is 18.7. The molecule has 0 bridgehead atoms. The summed E-state index contributed by atoms with van der Waals surface area (Å²) in [5, 5.41) is 13.9. The minimum absolute atomic E-state index is 0.110. The van der Waals surface area contributed by atoms with Crippen LogP contribution in [0.1, 0.15) is 42.7 Å². The minimum Gasteiger partial charge on any atom is -0.374 e. The van der Waals surface area contributed by atoms with Crippen LogP contribution in [0.15, 0.2) is 90.1 Å². The Morgan fingerprint density at radius 1 is 1.00 bits per heavy atom. The van der Waals surface area contributed by atoms with Crippen LogP contribution in [0.25, 0.3) is 22.0 Å². The quantitative estimate of drug-likeness (QED) is 0.270. The second-order valence-corrected chi connectivity index (χ2v) is 10.7. The maximum absolute atomic E-state index is 13.0. The molecule has 1 N–H and O–H groups in total. The van der Waals surface area contributed by atoms with E-state index in [2.05, 4.69) is 30.7 Å². The highest BCUT2D eigenvalue weighted by molar-refractivity contribution is 6.30. The zero-order valence-electron chi connectivity index (χ0n) is 22.4. The van der Waals surface area contributed by atoms with E-state index in [9.17, 15) is 9.90 Å². The lowest BCUT2D eigenvalue weighted by Crippen LogP contribution is -2.31. The van der Waals surface area contributed by atoms with E-state index in [1.807, 2.05) is 61.6 Å². The van der Waals surface area contributed by atoms with Gasteiger partial charge in [0.2, 0.25) is 0 Å². The van der Waals surface area contributed by atoms with Crippen molar-refractivity contribution in [2.45, 2.75) is 25.9 Å². The number of rotatable bonds is 5. The summed E-state index contributed by atoms with van der Waals surface area (Å²) < 4.78 is 3.43. The van der Waals surface area contributed by atoms with Gasteiger partial charge in [0.05, 0.1) is 23.7 Å². The standard InChI is InChI=1S/C33H30ClN3O2/c1-22(2)7-5-8-23-9-6-10-24(17-23)28-19-32(38)37(4)30-16-13-26(18-29(28)30)33(39,31-20-35-21-36(31)3)25-11-14-27(34)15-12-25/h6,9-22,39H,7H2,1-4H3. The molecule has 0 saturated heterocycles. The van der Waals surface area contributed by atoms with Crippen molar-refractivity contribution in [3.63, 3.8) is 0 Å². The van der Waals surface area contributed by atoms with Gasteiger partial charge in [0.15, 0.2) is 5.60 Å². The van der Waals surface area contributed by atoms with Crippen molar-refractivity contribution in [1.29, 1.82) is 0 Å². The fraction of sp³-hybridized carbons (Fsp3) is 0.212. The van der Waals surface area contributed by atoms with Crippen LogP contribution in [0.5, 0.6) is 0 Å². The molecule has 39 heavy (non-hydrogen) atoms. The Kier molecular flexibility index (Phi) is 7.18. The number of aliphatic hydroxyl groups is 1. The first kappa shape index (κ1) is 26.5. The molecule has 1 atom stereocenters. The molecule has 196 valence electrons. The molecule has 0 fully saturated rings. The summed E-state index contributed by atoms with van der Waals surface area (Å²) in [6.45, 7) is 4.29. The molecule has 2 aromatic heterocycles. The Hall–Kier alpha value is -4.11. The zero-order chi connectivity index (χ0) is 27.7. The van der Waals surface area contributed by atoms with E-state index in [1.165, 1.54) is 0 Å². The minimum atomic E-state index is -1.51. The van der Waals surface area contributed by atoms with Crippen molar-refractivity contribution in [1.82, 2.24) is 14.1 Å². The first-order valence-corrected chi connectivity index (χ1v) is 13.2. The lowest BCUT2D eigenvalue weighted by Gasteiger charge is -2.30. The molecule has 0 saturated carbocycles. The Morgan fingerprint density at radius 3 is 2.44 bits per heavy atom. The number of aromatic nitrogens is 3. The van der Waals surface area contributed by atoms with Gasteiger partial charge >= 0.3 is 0 Å². The number of nitrogens with zero attached hydrogens (tertiary/aromatic N) is 3. The van der Waals surface area contributed by atoms with Crippen LogP contribution in [-0.2, 0) is 19.7 Å². The molecule has 0 radical (unpaired) electrons. The van der Waals surface area contributed by atoms with Crippen LogP contribution in [-0.4, -0.2) is 19.2 Å². The number of imidazole rings is 1. The summed E-state index contributed by atoms with van der Waals surface area (Å²) in [6, 6.07) is 22.5.